The summed E-state index contributed by atoms with van der Waals surface area (Å²) in [6.45, 7) is 7.02. The topological polar surface area (TPSA) is 51.3 Å². The van der Waals surface area contributed by atoms with Gasteiger partial charge in [-0.1, -0.05) is 0 Å². The molecule has 0 spiro atoms. The molecule has 0 saturated carbocycles. The number of H-pyrrole nitrogens is 1. The fraction of sp³-hybridized carbons (Fsp3) is 0.667. The number of likely N-dealkylation sites (tertiary alicyclic amines) is 2. The predicted octanol–water partition coefficient (Wildman–Crippen LogP) is 1.95. The number of aromatic amines is 1. The molecular formula is C18H28N6. The van der Waals surface area contributed by atoms with Crippen molar-refractivity contribution in [1.82, 2.24) is 24.8 Å². The molecule has 1 atom stereocenters. The summed E-state index contributed by atoms with van der Waals surface area (Å²) in [6.07, 6.45) is 8.88. The molecule has 1 unspecified atom stereocenters. The van der Waals surface area contributed by atoms with E-state index in [-0.39, 0.29) is 0 Å². The first-order valence-corrected chi connectivity index (χ1v) is 9.27. The van der Waals surface area contributed by atoms with Gasteiger partial charge in [0.1, 0.15) is 17.8 Å². The molecule has 2 aliphatic rings. The first-order chi connectivity index (χ1) is 11.8. The van der Waals surface area contributed by atoms with Crippen LogP contribution in [0.5, 0.6) is 0 Å². The third kappa shape index (κ3) is 3.26. The monoisotopic (exact) mass is 328 g/mol. The molecule has 6 heteroatoms. The zero-order valence-electron chi connectivity index (χ0n) is 14.6. The van der Waals surface area contributed by atoms with Crippen molar-refractivity contribution in [3.8, 4) is 0 Å². The molecule has 0 amide bonds. The van der Waals surface area contributed by atoms with E-state index in [0.717, 1.165) is 36.5 Å². The summed E-state index contributed by atoms with van der Waals surface area (Å²) >= 11 is 0. The van der Waals surface area contributed by atoms with Gasteiger partial charge in [-0.3, -0.25) is 0 Å². The van der Waals surface area contributed by atoms with Gasteiger partial charge in [-0.2, -0.15) is 0 Å². The summed E-state index contributed by atoms with van der Waals surface area (Å²) in [5, 5.41) is 1.15. The molecule has 4 rings (SSSR count). The van der Waals surface area contributed by atoms with E-state index in [1.165, 1.54) is 45.3 Å². The lowest BCUT2D eigenvalue weighted by Crippen LogP contribution is -2.49. The summed E-state index contributed by atoms with van der Waals surface area (Å²) in [4.78, 5) is 19.9. The second-order valence-electron chi connectivity index (χ2n) is 7.24. The number of nitrogens with zero attached hydrogens (tertiary/aromatic N) is 5. The average molecular weight is 328 g/mol. The molecule has 0 aliphatic carbocycles. The Labute approximate surface area is 143 Å². The SMILES string of the molecule is CN1CCCC(N(CCN2CCCC2)c2ncnc3[nH]ccc23)C1. The fourth-order valence-corrected chi connectivity index (χ4v) is 4.20. The van der Waals surface area contributed by atoms with Crippen LogP contribution in [-0.2, 0) is 0 Å². The summed E-state index contributed by atoms with van der Waals surface area (Å²) in [6, 6.07) is 2.65. The van der Waals surface area contributed by atoms with Crippen LogP contribution >= 0.6 is 0 Å². The lowest BCUT2D eigenvalue weighted by molar-refractivity contribution is 0.239. The van der Waals surface area contributed by atoms with Crippen molar-refractivity contribution >= 4 is 16.9 Å². The van der Waals surface area contributed by atoms with E-state index in [1.807, 2.05) is 6.20 Å². The molecule has 0 radical (unpaired) electrons. The molecule has 2 fully saturated rings. The Morgan fingerprint density at radius 3 is 2.92 bits per heavy atom. The first-order valence-electron chi connectivity index (χ1n) is 9.27. The largest absolute Gasteiger partial charge is 0.350 e. The number of fused-ring (bicyclic) bond motifs is 1. The molecule has 130 valence electrons. The highest BCUT2D eigenvalue weighted by Gasteiger charge is 2.27. The van der Waals surface area contributed by atoms with Crippen LogP contribution in [0.4, 0.5) is 5.82 Å². The fourth-order valence-electron chi connectivity index (χ4n) is 4.20. The summed E-state index contributed by atoms with van der Waals surface area (Å²) < 4.78 is 0. The second-order valence-corrected chi connectivity index (χ2v) is 7.24. The summed E-state index contributed by atoms with van der Waals surface area (Å²) in [5.41, 5.74) is 0.940. The normalized spacial score (nSPS) is 23.1. The Morgan fingerprint density at radius 2 is 2.08 bits per heavy atom. The molecular weight excluding hydrogens is 300 g/mol. The van der Waals surface area contributed by atoms with Crippen molar-refractivity contribution in [1.29, 1.82) is 0 Å². The molecule has 6 nitrogen and oxygen atoms in total. The van der Waals surface area contributed by atoms with E-state index in [4.69, 9.17) is 0 Å². The highest BCUT2D eigenvalue weighted by atomic mass is 15.3. The molecule has 0 aromatic carbocycles. The number of anilines is 1. The van der Waals surface area contributed by atoms with Gasteiger partial charge >= 0.3 is 0 Å². The van der Waals surface area contributed by atoms with Crippen LogP contribution in [0.3, 0.4) is 0 Å². The maximum atomic E-state index is 4.68. The summed E-state index contributed by atoms with van der Waals surface area (Å²) in [5.74, 6) is 1.10. The van der Waals surface area contributed by atoms with Crippen molar-refractivity contribution in [2.75, 3.05) is 51.2 Å². The van der Waals surface area contributed by atoms with E-state index >= 15 is 0 Å². The average Bonchev–Trinajstić information content (AvgIpc) is 3.27. The number of nitrogens with one attached hydrogen (secondary N) is 1. The van der Waals surface area contributed by atoms with Crippen LogP contribution in [0, 0.1) is 0 Å². The molecule has 0 bridgehead atoms. The minimum atomic E-state index is 0.541. The number of piperidine rings is 1. The van der Waals surface area contributed by atoms with Crippen LogP contribution in [0.25, 0.3) is 11.0 Å². The third-order valence-electron chi connectivity index (χ3n) is 5.50. The maximum absolute atomic E-state index is 4.68. The van der Waals surface area contributed by atoms with Gasteiger partial charge in [0.05, 0.1) is 5.39 Å². The van der Waals surface area contributed by atoms with Gasteiger partial charge in [-0.05, 0) is 58.4 Å². The maximum Gasteiger partial charge on any atom is 0.142 e. The molecule has 2 saturated heterocycles. The van der Waals surface area contributed by atoms with E-state index in [0.29, 0.717) is 6.04 Å². The quantitative estimate of drug-likeness (QED) is 0.909. The molecule has 24 heavy (non-hydrogen) atoms. The van der Waals surface area contributed by atoms with E-state index < -0.39 is 0 Å². The third-order valence-corrected chi connectivity index (χ3v) is 5.50. The van der Waals surface area contributed by atoms with Gasteiger partial charge < -0.3 is 19.7 Å². The Kier molecular flexibility index (Phi) is 4.67. The Bertz CT molecular complexity index is 662. The Balaban J connectivity index is 1.60. The molecule has 2 aliphatic heterocycles. The molecule has 1 N–H and O–H groups in total. The van der Waals surface area contributed by atoms with Gasteiger partial charge in [-0.25, -0.2) is 9.97 Å². The standard InChI is InChI=1S/C18H28N6/c1-22-8-4-5-15(13-22)24(12-11-23-9-2-3-10-23)18-16-6-7-19-17(16)20-14-21-18/h6-7,14-15H,2-5,8-13H2,1H3,(H,19,20,21). The Morgan fingerprint density at radius 1 is 1.21 bits per heavy atom. The van der Waals surface area contributed by atoms with Crippen LogP contribution < -0.4 is 4.90 Å². The van der Waals surface area contributed by atoms with E-state index in [9.17, 15) is 0 Å². The predicted molar refractivity (Wildman–Crippen MR) is 97.4 cm³/mol. The van der Waals surface area contributed by atoms with Gasteiger partial charge in [0.25, 0.3) is 0 Å². The highest BCUT2D eigenvalue weighted by Crippen LogP contribution is 2.27. The number of hydrogen-bond donors (Lipinski definition) is 1. The number of aromatic nitrogens is 3. The second kappa shape index (κ2) is 7.07. The zero-order valence-corrected chi connectivity index (χ0v) is 14.6. The van der Waals surface area contributed by atoms with Crippen LogP contribution in [-0.4, -0.2) is 77.1 Å². The summed E-state index contributed by atoms with van der Waals surface area (Å²) in [7, 11) is 2.23. The van der Waals surface area contributed by atoms with E-state index in [2.05, 4.69) is 42.8 Å². The smallest absolute Gasteiger partial charge is 0.142 e. The molecule has 4 heterocycles. The van der Waals surface area contributed by atoms with Crippen molar-refractivity contribution in [2.45, 2.75) is 31.7 Å². The van der Waals surface area contributed by atoms with E-state index in [1.54, 1.807) is 6.33 Å². The zero-order chi connectivity index (χ0) is 16.4. The van der Waals surface area contributed by atoms with Gasteiger partial charge in [-0.15, -0.1) is 0 Å². The Hall–Kier alpha value is -1.66. The van der Waals surface area contributed by atoms with Gasteiger partial charge in [0, 0.05) is 31.9 Å². The number of likely N-dealkylation sites (N-methyl/N-ethyl adjacent to an activating group) is 1. The van der Waals surface area contributed by atoms with Crippen LogP contribution in [0.1, 0.15) is 25.7 Å². The van der Waals surface area contributed by atoms with Crippen LogP contribution in [0.15, 0.2) is 18.6 Å². The lowest BCUT2D eigenvalue weighted by atomic mass is 10.0. The van der Waals surface area contributed by atoms with Gasteiger partial charge in [0.2, 0.25) is 0 Å². The minimum absolute atomic E-state index is 0.541. The molecule has 2 aromatic heterocycles. The van der Waals surface area contributed by atoms with Crippen molar-refractivity contribution < 1.29 is 0 Å². The van der Waals surface area contributed by atoms with Crippen molar-refractivity contribution in [3.05, 3.63) is 18.6 Å². The number of hydrogen-bond acceptors (Lipinski definition) is 5. The van der Waals surface area contributed by atoms with Crippen LogP contribution in [0.2, 0.25) is 0 Å². The van der Waals surface area contributed by atoms with Gasteiger partial charge in [0.15, 0.2) is 0 Å². The minimum Gasteiger partial charge on any atom is -0.350 e. The lowest BCUT2D eigenvalue weighted by Gasteiger charge is -2.39. The van der Waals surface area contributed by atoms with Crippen molar-refractivity contribution in [3.63, 3.8) is 0 Å². The van der Waals surface area contributed by atoms with Crippen molar-refractivity contribution in [2.24, 2.45) is 0 Å². The highest BCUT2D eigenvalue weighted by molar-refractivity contribution is 5.87. The molecule has 2 aromatic rings. The number of rotatable bonds is 5. The first kappa shape index (κ1) is 15.8.